The second-order valence-corrected chi connectivity index (χ2v) is 4.31. The van der Waals surface area contributed by atoms with Gasteiger partial charge in [-0.15, -0.1) is 10.2 Å². The summed E-state index contributed by atoms with van der Waals surface area (Å²) in [6.45, 7) is 1.13. The van der Waals surface area contributed by atoms with Crippen LogP contribution in [0.2, 0.25) is 0 Å². The molecule has 84 valence electrons. The third-order valence-electron chi connectivity index (χ3n) is 2.10. The maximum Gasteiger partial charge on any atom is 0.179 e. The van der Waals surface area contributed by atoms with Gasteiger partial charge in [0.2, 0.25) is 0 Å². The quantitative estimate of drug-likeness (QED) is 0.907. The number of hydrogen-bond acceptors (Lipinski definition) is 4. The van der Waals surface area contributed by atoms with Crippen molar-refractivity contribution in [1.82, 2.24) is 20.2 Å². The fourth-order valence-electron chi connectivity index (χ4n) is 1.34. The maximum absolute atomic E-state index is 5.41. The molecular formula is C10H12BrN5. The molecule has 0 aliphatic carbocycles. The van der Waals surface area contributed by atoms with Crippen LogP contribution < -0.4 is 5.73 Å². The Hall–Kier alpha value is -1.27. The Morgan fingerprint density at radius 1 is 1.25 bits per heavy atom. The summed E-state index contributed by atoms with van der Waals surface area (Å²) < 4.78 is 1.07. The third-order valence-corrected chi connectivity index (χ3v) is 2.63. The van der Waals surface area contributed by atoms with Gasteiger partial charge in [-0.3, -0.25) is 0 Å². The van der Waals surface area contributed by atoms with Gasteiger partial charge in [0.25, 0.3) is 0 Å². The number of rotatable bonds is 4. The normalized spacial score (nSPS) is 10.6. The minimum absolute atomic E-state index is 0.522. The molecule has 1 aromatic heterocycles. The van der Waals surface area contributed by atoms with Crippen LogP contribution in [0, 0.1) is 0 Å². The lowest BCUT2D eigenvalue weighted by Gasteiger charge is -1.96. The van der Waals surface area contributed by atoms with E-state index in [1.807, 2.05) is 24.3 Å². The van der Waals surface area contributed by atoms with Crippen molar-refractivity contribution in [3.05, 3.63) is 40.1 Å². The number of aromatic nitrogens is 4. The predicted molar refractivity (Wildman–Crippen MR) is 63.8 cm³/mol. The molecule has 0 aliphatic rings. The summed E-state index contributed by atoms with van der Waals surface area (Å²) in [5.74, 6) is 0.718. The van der Waals surface area contributed by atoms with Crippen molar-refractivity contribution in [2.45, 2.75) is 13.0 Å². The Bertz CT molecular complexity index is 450. The van der Waals surface area contributed by atoms with Crippen molar-refractivity contribution in [1.29, 1.82) is 0 Å². The lowest BCUT2D eigenvalue weighted by atomic mass is 10.1. The fraction of sp³-hybridized carbons (Fsp3) is 0.300. The van der Waals surface area contributed by atoms with Crippen LogP contribution in [-0.4, -0.2) is 26.8 Å². The van der Waals surface area contributed by atoms with Gasteiger partial charge in [-0.1, -0.05) is 28.1 Å². The molecule has 0 atom stereocenters. The molecule has 0 saturated heterocycles. The maximum atomic E-state index is 5.41. The first kappa shape index (κ1) is 11.2. The zero-order valence-corrected chi connectivity index (χ0v) is 10.3. The molecule has 5 nitrogen and oxygen atoms in total. The predicted octanol–water partition coefficient (Wildman–Crippen LogP) is 0.985. The Balaban J connectivity index is 2.05. The zero-order valence-electron chi connectivity index (χ0n) is 8.67. The Labute approximate surface area is 102 Å². The van der Waals surface area contributed by atoms with Gasteiger partial charge in [-0.25, -0.2) is 0 Å². The Kier molecular flexibility index (Phi) is 3.63. The molecule has 16 heavy (non-hydrogen) atoms. The average molecular weight is 282 g/mol. The molecule has 2 aromatic rings. The van der Waals surface area contributed by atoms with E-state index < -0.39 is 0 Å². The first-order valence-electron chi connectivity index (χ1n) is 4.99. The van der Waals surface area contributed by atoms with E-state index in [0.717, 1.165) is 15.9 Å². The second-order valence-electron chi connectivity index (χ2n) is 3.39. The van der Waals surface area contributed by atoms with Crippen molar-refractivity contribution in [3.8, 4) is 0 Å². The SMILES string of the molecule is NCCn1nnc(Cc2ccc(Br)cc2)n1. The molecular weight excluding hydrogens is 270 g/mol. The topological polar surface area (TPSA) is 69.6 Å². The van der Waals surface area contributed by atoms with Crippen LogP contribution in [0.3, 0.4) is 0 Å². The lowest BCUT2D eigenvalue weighted by molar-refractivity contribution is 0.529. The minimum atomic E-state index is 0.522. The molecule has 0 unspecified atom stereocenters. The monoisotopic (exact) mass is 281 g/mol. The standard InChI is InChI=1S/C10H12BrN5/c11-9-3-1-8(2-4-9)7-10-13-15-16(14-10)6-5-12/h1-4H,5-7,12H2. The fourth-order valence-corrected chi connectivity index (χ4v) is 1.61. The van der Waals surface area contributed by atoms with E-state index >= 15 is 0 Å². The number of nitrogens with zero attached hydrogens (tertiary/aromatic N) is 4. The van der Waals surface area contributed by atoms with Crippen molar-refractivity contribution in [2.75, 3.05) is 6.54 Å². The van der Waals surface area contributed by atoms with Crippen molar-refractivity contribution in [2.24, 2.45) is 5.73 Å². The molecule has 0 amide bonds. The van der Waals surface area contributed by atoms with E-state index in [4.69, 9.17) is 5.73 Å². The highest BCUT2D eigenvalue weighted by molar-refractivity contribution is 9.10. The summed E-state index contributed by atoms with van der Waals surface area (Å²) in [6.07, 6.45) is 0.692. The number of nitrogens with two attached hydrogens (primary N) is 1. The molecule has 0 bridgehead atoms. The zero-order chi connectivity index (χ0) is 11.4. The Morgan fingerprint density at radius 2 is 2.00 bits per heavy atom. The van der Waals surface area contributed by atoms with Crippen LogP contribution in [0.5, 0.6) is 0 Å². The van der Waals surface area contributed by atoms with Crippen LogP contribution in [0.15, 0.2) is 28.7 Å². The van der Waals surface area contributed by atoms with Gasteiger partial charge in [0, 0.05) is 17.4 Å². The van der Waals surface area contributed by atoms with E-state index in [1.54, 1.807) is 0 Å². The van der Waals surface area contributed by atoms with Crippen LogP contribution in [0.25, 0.3) is 0 Å². The first-order valence-corrected chi connectivity index (χ1v) is 5.78. The molecule has 2 N–H and O–H groups in total. The van der Waals surface area contributed by atoms with E-state index in [0.29, 0.717) is 19.5 Å². The smallest absolute Gasteiger partial charge is 0.179 e. The van der Waals surface area contributed by atoms with Crippen molar-refractivity contribution in [3.63, 3.8) is 0 Å². The third kappa shape index (κ3) is 2.86. The van der Waals surface area contributed by atoms with Gasteiger partial charge in [-0.2, -0.15) is 4.80 Å². The molecule has 2 rings (SSSR count). The van der Waals surface area contributed by atoms with Gasteiger partial charge >= 0.3 is 0 Å². The summed E-state index contributed by atoms with van der Waals surface area (Å²) >= 11 is 3.39. The lowest BCUT2D eigenvalue weighted by Crippen LogP contribution is -2.12. The molecule has 1 heterocycles. The summed E-state index contributed by atoms with van der Waals surface area (Å²) in [7, 11) is 0. The van der Waals surface area contributed by atoms with Gasteiger partial charge in [-0.05, 0) is 22.9 Å². The van der Waals surface area contributed by atoms with E-state index in [1.165, 1.54) is 4.80 Å². The van der Waals surface area contributed by atoms with Crippen LogP contribution in [-0.2, 0) is 13.0 Å². The van der Waals surface area contributed by atoms with E-state index in [2.05, 4.69) is 31.3 Å². The largest absolute Gasteiger partial charge is 0.329 e. The highest BCUT2D eigenvalue weighted by atomic mass is 79.9. The van der Waals surface area contributed by atoms with Gasteiger partial charge < -0.3 is 5.73 Å². The average Bonchev–Trinajstić information content (AvgIpc) is 2.70. The minimum Gasteiger partial charge on any atom is -0.329 e. The van der Waals surface area contributed by atoms with Crippen molar-refractivity contribution >= 4 is 15.9 Å². The number of hydrogen-bond donors (Lipinski definition) is 1. The van der Waals surface area contributed by atoms with E-state index in [-0.39, 0.29) is 0 Å². The van der Waals surface area contributed by atoms with Crippen molar-refractivity contribution < 1.29 is 0 Å². The summed E-state index contributed by atoms with van der Waals surface area (Å²) in [4.78, 5) is 1.52. The molecule has 0 saturated carbocycles. The van der Waals surface area contributed by atoms with E-state index in [9.17, 15) is 0 Å². The highest BCUT2D eigenvalue weighted by Gasteiger charge is 2.03. The Morgan fingerprint density at radius 3 is 2.69 bits per heavy atom. The molecule has 0 radical (unpaired) electrons. The van der Waals surface area contributed by atoms with Gasteiger partial charge in [0.1, 0.15) is 0 Å². The first-order chi connectivity index (χ1) is 7.78. The number of halogens is 1. The van der Waals surface area contributed by atoms with Crippen LogP contribution in [0.1, 0.15) is 11.4 Å². The highest BCUT2D eigenvalue weighted by Crippen LogP contribution is 2.12. The molecule has 0 aliphatic heterocycles. The molecule has 0 spiro atoms. The van der Waals surface area contributed by atoms with Crippen LogP contribution >= 0.6 is 15.9 Å². The van der Waals surface area contributed by atoms with Crippen LogP contribution in [0.4, 0.5) is 0 Å². The van der Waals surface area contributed by atoms with Gasteiger partial charge in [0.05, 0.1) is 6.54 Å². The summed E-state index contributed by atoms with van der Waals surface area (Å²) in [5.41, 5.74) is 6.57. The molecule has 1 aromatic carbocycles. The summed E-state index contributed by atoms with van der Waals surface area (Å²) in [6, 6.07) is 8.07. The summed E-state index contributed by atoms with van der Waals surface area (Å²) in [5, 5.41) is 12.1. The molecule has 6 heteroatoms. The second kappa shape index (κ2) is 5.18. The number of benzene rings is 1. The molecule has 0 fully saturated rings. The van der Waals surface area contributed by atoms with Gasteiger partial charge in [0.15, 0.2) is 5.82 Å². The number of tetrazole rings is 1.